The van der Waals surface area contributed by atoms with Crippen LogP contribution in [0.4, 0.5) is 4.79 Å². The summed E-state index contributed by atoms with van der Waals surface area (Å²) >= 11 is 0.734. The van der Waals surface area contributed by atoms with Gasteiger partial charge in [-0.3, -0.25) is 0 Å². The molecule has 1 aliphatic heterocycles. The fraction of sp³-hybridized carbons (Fsp3) is 0.600. The van der Waals surface area contributed by atoms with Gasteiger partial charge in [-0.1, -0.05) is 4.41 Å². The molecule has 0 radical (unpaired) electrons. The van der Waals surface area contributed by atoms with E-state index in [0.717, 1.165) is 17.8 Å². The minimum Gasteiger partial charge on any atom is -0.464 e. The smallest absolute Gasteiger partial charge is 0.416 e. The molecule has 0 atom stereocenters. The maximum Gasteiger partial charge on any atom is 0.416 e. The summed E-state index contributed by atoms with van der Waals surface area (Å²) in [5, 5.41) is 8.29. The summed E-state index contributed by atoms with van der Waals surface area (Å²) in [6.45, 7) is 2.12. The molecular formula is C5H9N4O3S+. The second-order valence-corrected chi connectivity index (χ2v) is 3.20. The Kier molecular flexibility index (Phi) is 3.07. The molecule has 1 aliphatic rings. The van der Waals surface area contributed by atoms with Crippen LogP contribution in [0.3, 0.4) is 0 Å². The number of nitroso groups, excluding NO2 is 1. The van der Waals surface area contributed by atoms with Gasteiger partial charge < -0.3 is 5.11 Å². The van der Waals surface area contributed by atoms with Crippen LogP contribution < -0.4 is 4.72 Å². The number of hydrazine groups is 1. The minimum absolute atomic E-state index is 0.0140. The van der Waals surface area contributed by atoms with E-state index >= 15 is 0 Å². The van der Waals surface area contributed by atoms with Gasteiger partial charge >= 0.3 is 12.8 Å². The molecule has 0 aliphatic carbocycles. The fourth-order valence-corrected chi connectivity index (χ4v) is 1.32. The maximum absolute atomic E-state index is 11.0. The van der Waals surface area contributed by atoms with Crippen molar-refractivity contribution >= 4 is 23.9 Å². The van der Waals surface area contributed by atoms with E-state index in [-0.39, 0.29) is 6.67 Å². The number of aliphatic imine (C=N–C) groups is 1. The largest absolute Gasteiger partial charge is 0.464 e. The Morgan fingerprint density at radius 1 is 1.85 bits per heavy atom. The van der Waals surface area contributed by atoms with Crippen molar-refractivity contribution in [2.75, 3.05) is 13.2 Å². The molecule has 0 aromatic rings. The molecular weight excluding hydrogens is 196 g/mol. The van der Waals surface area contributed by atoms with E-state index in [1.54, 1.807) is 6.92 Å². The second kappa shape index (κ2) is 4.08. The van der Waals surface area contributed by atoms with Crippen molar-refractivity contribution in [1.29, 1.82) is 0 Å². The zero-order valence-electron chi connectivity index (χ0n) is 6.93. The van der Waals surface area contributed by atoms with Crippen molar-refractivity contribution < 1.29 is 14.8 Å². The van der Waals surface area contributed by atoms with Crippen LogP contribution in [0.1, 0.15) is 6.92 Å². The molecule has 2 N–H and O–H groups in total. The number of amides is 1. The van der Waals surface area contributed by atoms with Crippen LogP contribution in [0.2, 0.25) is 0 Å². The van der Waals surface area contributed by atoms with Gasteiger partial charge in [-0.05, 0) is 6.92 Å². The van der Waals surface area contributed by atoms with Gasteiger partial charge in [0.2, 0.25) is 0 Å². The summed E-state index contributed by atoms with van der Waals surface area (Å²) in [6.07, 6.45) is -1.18. The molecule has 7 nitrogen and oxygen atoms in total. The molecule has 8 heteroatoms. The van der Waals surface area contributed by atoms with Crippen LogP contribution in [0.25, 0.3) is 0 Å². The van der Waals surface area contributed by atoms with Crippen LogP contribution >= 0.6 is 12.1 Å². The molecule has 0 saturated heterocycles. The van der Waals surface area contributed by atoms with Gasteiger partial charge in [-0.25, -0.2) is 14.5 Å². The summed E-state index contributed by atoms with van der Waals surface area (Å²) in [6, 6.07) is 0. The third-order valence-electron chi connectivity index (χ3n) is 1.31. The summed E-state index contributed by atoms with van der Waals surface area (Å²) in [5.74, 6) is 0. The average molecular weight is 205 g/mol. The summed E-state index contributed by atoms with van der Waals surface area (Å²) < 4.78 is 3.28. The van der Waals surface area contributed by atoms with E-state index in [0.29, 0.717) is 11.4 Å². The molecule has 0 bridgehead atoms. The third-order valence-corrected chi connectivity index (χ3v) is 2.10. The number of nitrogens with zero attached hydrogens (tertiary/aromatic N) is 3. The van der Waals surface area contributed by atoms with E-state index in [4.69, 9.17) is 5.11 Å². The number of hydrogen-bond acceptors (Lipinski definition) is 4. The van der Waals surface area contributed by atoms with Crippen LogP contribution in [0, 0.1) is 4.91 Å². The standard InChI is InChI=1S/C5H8N4O3S/c1-4-2-9(8(12)3-6-4)13-7-5(10)11/h7H,2-3H2,1H3/p+1. The van der Waals surface area contributed by atoms with Crippen molar-refractivity contribution in [3.63, 3.8) is 0 Å². The number of carboxylic acid groups (broad SMARTS) is 1. The zero-order chi connectivity index (χ0) is 9.84. The van der Waals surface area contributed by atoms with Gasteiger partial charge in [0.25, 0.3) is 0 Å². The number of nitrogens with one attached hydrogen (secondary N) is 1. The second-order valence-electron chi connectivity index (χ2n) is 2.40. The Bertz CT molecular complexity index is 267. The minimum atomic E-state index is -1.18. The van der Waals surface area contributed by atoms with Crippen LogP contribution in [-0.4, -0.2) is 39.4 Å². The van der Waals surface area contributed by atoms with Gasteiger partial charge in [0.05, 0.1) is 4.91 Å². The van der Waals surface area contributed by atoms with Crippen molar-refractivity contribution in [1.82, 2.24) is 9.14 Å². The Labute approximate surface area is 78.6 Å². The zero-order valence-corrected chi connectivity index (χ0v) is 7.74. The van der Waals surface area contributed by atoms with E-state index in [1.807, 2.05) is 4.72 Å². The summed E-state index contributed by atoms with van der Waals surface area (Å²) in [4.78, 5) is 25.6. The lowest BCUT2D eigenvalue weighted by Gasteiger charge is -2.14. The molecule has 0 fully saturated rings. The van der Waals surface area contributed by atoms with Crippen LogP contribution in [0.15, 0.2) is 4.99 Å². The molecule has 0 spiro atoms. The monoisotopic (exact) mass is 205 g/mol. The molecule has 1 amide bonds. The molecule has 0 aromatic carbocycles. The quantitative estimate of drug-likeness (QED) is 0.498. The highest BCUT2D eigenvalue weighted by Crippen LogP contribution is 2.09. The third kappa shape index (κ3) is 2.90. The van der Waals surface area contributed by atoms with Crippen molar-refractivity contribution in [2.45, 2.75) is 6.92 Å². The molecule has 1 heterocycles. The normalized spacial score (nSPS) is 16.8. The summed E-state index contributed by atoms with van der Waals surface area (Å²) in [7, 11) is 0. The van der Waals surface area contributed by atoms with Gasteiger partial charge in [0, 0.05) is 5.71 Å². The van der Waals surface area contributed by atoms with E-state index < -0.39 is 6.09 Å². The highest BCUT2D eigenvalue weighted by molar-refractivity contribution is 7.95. The first-order valence-corrected chi connectivity index (χ1v) is 4.25. The predicted molar refractivity (Wildman–Crippen MR) is 47.1 cm³/mol. The first-order chi connectivity index (χ1) is 6.09. The molecule has 0 aromatic heterocycles. The first kappa shape index (κ1) is 9.78. The van der Waals surface area contributed by atoms with E-state index in [1.165, 1.54) is 4.41 Å². The summed E-state index contributed by atoms with van der Waals surface area (Å²) in [5.41, 5.74) is 0.798. The highest BCUT2D eigenvalue weighted by atomic mass is 32.2. The van der Waals surface area contributed by atoms with Crippen molar-refractivity contribution in [2.24, 2.45) is 4.99 Å². The lowest BCUT2D eigenvalue weighted by atomic mass is 10.4. The van der Waals surface area contributed by atoms with Gasteiger partial charge in [-0.2, -0.15) is 0 Å². The maximum atomic E-state index is 11.0. The molecule has 0 unspecified atom stereocenters. The van der Waals surface area contributed by atoms with Crippen molar-refractivity contribution in [3.05, 3.63) is 4.91 Å². The number of carbonyl (C=O) groups is 1. The van der Waals surface area contributed by atoms with E-state index in [2.05, 4.69) is 4.99 Å². The highest BCUT2D eigenvalue weighted by Gasteiger charge is 2.26. The molecule has 1 rings (SSSR count). The van der Waals surface area contributed by atoms with Gasteiger partial charge in [0.15, 0.2) is 4.87 Å². The molecule has 72 valence electrons. The van der Waals surface area contributed by atoms with Crippen molar-refractivity contribution in [3.8, 4) is 0 Å². The SMILES string of the molecule is CC1=NC[N+](=O)N(SNC(=O)O)C1. The van der Waals surface area contributed by atoms with Crippen LogP contribution in [0.5, 0.6) is 0 Å². The molecule has 13 heavy (non-hydrogen) atoms. The number of rotatable bonds is 2. The van der Waals surface area contributed by atoms with E-state index in [9.17, 15) is 9.70 Å². The Morgan fingerprint density at radius 3 is 3.15 bits per heavy atom. The first-order valence-electron chi connectivity index (χ1n) is 3.47. The Hall–Kier alpha value is -1.31. The topological polar surface area (TPSA) is 85.0 Å². The predicted octanol–water partition coefficient (Wildman–Crippen LogP) is 0.245. The van der Waals surface area contributed by atoms with Gasteiger partial charge in [0.1, 0.15) is 18.7 Å². The lowest BCUT2D eigenvalue weighted by Crippen LogP contribution is -2.38. The Balaban J connectivity index is 2.45. The Morgan fingerprint density at radius 2 is 2.54 bits per heavy atom. The van der Waals surface area contributed by atoms with Crippen LogP contribution in [-0.2, 0) is 0 Å². The number of hydrogen-bond donors (Lipinski definition) is 2. The lowest BCUT2D eigenvalue weighted by molar-refractivity contribution is -0.672. The average Bonchev–Trinajstić information content (AvgIpc) is 2.06. The fourth-order valence-electron chi connectivity index (χ4n) is 0.746. The van der Waals surface area contributed by atoms with Gasteiger partial charge in [-0.15, -0.1) is 0 Å². The molecule has 0 saturated carbocycles.